The Hall–Kier alpha value is -1.10. The molecular formula is C15H14BIO. The van der Waals surface area contributed by atoms with Crippen molar-refractivity contribution in [2.24, 2.45) is 0 Å². The molecule has 0 amide bonds. The molecule has 0 saturated heterocycles. The molecular weight excluding hydrogens is 334 g/mol. The van der Waals surface area contributed by atoms with Gasteiger partial charge < -0.3 is 0 Å². The van der Waals surface area contributed by atoms with Crippen LogP contribution in [0.15, 0.2) is 60.7 Å². The maximum Gasteiger partial charge on any atom is 0.178 e. The molecule has 1 aromatic rings. The van der Waals surface area contributed by atoms with E-state index in [0.717, 1.165) is 0 Å². The van der Waals surface area contributed by atoms with Crippen LogP contribution in [0.4, 0.5) is 0 Å². The quantitative estimate of drug-likeness (QED) is 0.466. The van der Waals surface area contributed by atoms with Crippen molar-refractivity contribution in [3.05, 3.63) is 66.3 Å². The summed E-state index contributed by atoms with van der Waals surface area (Å²) >= 11 is 2.39. The molecule has 2 rings (SSSR count). The first-order valence-corrected chi connectivity index (χ1v) is 7.03. The predicted molar refractivity (Wildman–Crippen MR) is 87.8 cm³/mol. The molecule has 0 aliphatic heterocycles. The normalized spacial score (nSPS) is 19.3. The molecule has 0 spiro atoms. The van der Waals surface area contributed by atoms with Crippen molar-refractivity contribution in [1.29, 1.82) is 0 Å². The van der Waals surface area contributed by atoms with E-state index in [0.29, 0.717) is 5.82 Å². The largest absolute Gasteiger partial charge is 0.290 e. The molecule has 0 saturated carbocycles. The maximum atomic E-state index is 11.2. The summed E-state index contributed by atoms with van der Waals surface area (Å²) in [6.45, 7) is 0. The van der Waals surface area contributed by atoms with Crippen molar-refractivity contribution in [2.75, 3.05) is 0 Å². The van der Waals surface area contributed by atoms with Gasteiger partial charge in [0.15, 0.2) is 5.78 Å². The van der Waals surface area contributed by atoms with E-state index in [1.807, 2.05) is 30.4 Å². The lowest BCUT2D eigenvalue weighted by molar-refractivity contribution is -0.110. The molecule has 0 radical (unpaired) electrons. The number of hydrogen-bond acceptors (Lipinski definition) is 1. The van der Waals surface area contributed by atoms with Crippen molar-refractivity contribution >= 4 is 42.3 Å². The molecule has 1 unspecified atom stereocenters. The number of allylic oxidation sites excluding steroid dienone is 5. The summed E-state index contributed by atoms with van der Waals surface area (Å²) < 4.78 is -0.100. The molecule has 1 atom stereocenters. The second-order valence-corrected chi connectivity index (χ2v) is 6.32. The van der Waals surface area contributed by atoms with E-state index < -0.39 is 0 Å². The minimum Gasteiger partial charge on any atom is -0.290 e. The van der Waals surface area contributed by atoms with Gasteiger partial charge in [-0.2, -0.15) is 0 Å². The second-order valence-electron chi connectivity index (χ2n) is 4.45. The van der Waals surface area contributed by atoms with Crippen LogP contribution < -0.4 is 0 Å². The number of carbonyl (C=O) groups excluding carboxylic acids is 1. The van der Waals surface area contributed by atoms with Crippen molar-refractivity contribution in [3.8, 4) is 0 Å². The Morgan fingerprint density at radius 3 is 2.39 bits per heavy atom. The molecule has 0 N–H and O–H groups in total. The Bertz CT molecular complexity index is 501. The van der Waals surface area contributed by atoms with E-state index in [-0.39, 0.29) is 9.20 Å². The number of benzene rings is 1. The first-order chi connectivity index (χ1) is 8.60. The van der Waals surface area contributed by atoms with Crippen LogP contribution >= 0.6 is 22.6 Å². The highest BCUT2D eigenvalue weighted by Gasteiger charge is 2.27. The van der Waals surface area contributed by atoms with Crippen molar-refractivity contribution in [1.82, 2.24) is 0 Å². The van der Waals surface area contributed by atoms with Gasteiger partial charge in [-0.3, -0.25) is 4.79 Å². The average Bonchev–Trinajstić information content (AvgIpc) is 2.41. The number of halogens is 1. The van der Waals surface area contributed by atoms with Crippen LogP contribution in [0.2, 0.25) is 5.82 Å². The molecule has 0 heterocycles. The highest BCUT2D eigenvalue weighted by Crippen LogP contribution is 2.37. The van der Waals surface area contributed by atoms with Gasteiger partial charge in [0.25, 0.3) is 0 Å². The summed E-state index contributed by atoms with van der Waals surface area (Å²) in [7, 11) is 2.16. The van der Waals surface area contributed by atoms with Crippen molar-refractivity contribution in [3.63, 3.8) is 0 Å². The van der Waals surface area contributed by atoms with Crippen LogP contribution in [0, 0.1) is 0 Å². The van der Waals surface area contributed by atoms with Gasteiger partial charge in [0.05, 0.1) is 3.42 Å². The Morgan fingerprint density at radius 2 is 1.78 bits per heavy atom. The lowest BCUT2D eigenvalue weighted by Gasteiger charge is -2.27. The van der Waals surface area contributed by atoms with Crippen molar-refractivity contribution < 1.29 is 4.79 Å². The fourth-order valence-corrected chi connectivity index (χ4v) is 2.37. The molecule has 18 heavy (non-hydrogen) atoms. The van der Waals surface area contributed by atoms with E-state index in [4.69, 9.17) is 0 Å². The van der Waals surface area contributed by atoms with Gasteiger partial charge in [-0.25, -0.2) is 0 Å². The molecule has 1 aliphatic carbocycles. The monoisotopic (exact) mass is 348 g/mol. The summed E-state index contributed by atoms with van der Waals surface area (Å²) in [5, 5.41) is 0. The van der Waals surface area contributed by atoms with Gasteiger partial charge in [0.1, 0.15) is 7.85 Å². The number of alkyl halides is 1. The molecule has 1 aromatic carbocycles. The third-order valence-electron chi connectivity index (χ3n) is 3.08. The Balaban J connectivity index is 2.11. The van der Waals surface area contributed by atoms with Crippen LogP contribution in [-0.4, -0.2) is 17.1 Å². The SMILES string of the molecule is BC(/C=C/c1ccccc1)C1(I)C=CC(=O)C=C1. The highest BCUT2D eigenvalue weighted by molar-refractivity contribution is 14.1. The Morgan fingerprint density at radius 1 is 1.17 bits per heavy atom. The van der Waals surface area contributed by atoms with Crippen LogP contribution in [0.25, 0.3) is 6.08 Å². The molecule has 0 bridgehead atoms. The fraction of sp³-hybridized carbons (Fsp3) is 0.133. The first kappa shape index (κ1) is 13.3. The molecule has 3 heteroatoms. The topological polar surface area (TPSA) is 17.1 Å². The predicted octanol–water partition coefficient (Wildman–Crippen LogP) is 2.99. The van der Waals surface area contributed by atoms with Gasteiger partial charge in [0, 0.05) is 0 Å². The van der Waals surface area contributed by atoms with E-state index in [1.165, 1.54) is 5.56 Å². The van der Waals surface area contributed by atoms with Crippen LogP contribution in [0.5, 0.6) is 0 Å². The van der Waals surface area contributed by atoms with Gasteiger partial charge in [-0.1, -0.05) is 77.2 Å². The fourth-order valence-electron chi connectivity index (χ4n) is 1.80. The van der Waals surface area contributed by atoms with E-state index >= 15 is 0 Å². The van der Waals surface area contributed by atoms with Crippen molar-refractivity contribution in [2.45, 2.75) is 9.24 Å². The minimum atomic E-state index is -0.100. The summed E-state index contributed by atoms with van der Waals surface area (Å²) in [5.41, 5.74) is 1.20. The van der Waals surface area contributed by atoms with E-state index in [9.17, 15) is 4.79 Å². The zero-order valence-electron chi connectivity index (χ0n) is 10.2. The molecule has 0 fully saturated rings. The Labute approximate surface area is 122 Å². The lowest BCUT2D eigenvalue weighted by atomic mass is 9.74. The molecule has 1 aliphatic rings. The average molecular weight is 348 g/mol. The van der Waals surface area contributed by atoms with Gasteiger partial charge in [-0.15, -0.1) is 0 Å². The molecule has 0 aromatic heterocycles. The smallest absolute Gasteiger partial charge is 0.178 e. The second kappa shape index (κ2) is 5.70. The molecule has 1 nitrogen and oxygen atoms in total. The standard InChI is InChI=1S/C15H14BIO/c16-14(7-6-12-4-2-1-3-5-12)15(17)10-8-13(18)9-11-15/h1-11,14H,16H2/b7-6+. The first-order valence-electron chi connectivity index (χ1n) is 5.95. The number of rotatable bonds is 3. The maximum absolute atomic E-state index is 11.2. The van der Waals surface area contributed by atoms with Crippen LogP contribution in [-0.2, 0) is 4.79 Å². The third-order valence-corrected chi connectivity index (χ3v) is 4.78. The summed E-state index contributed by atoms with van der Waals surface area (Å²) in [6.07, 6.45) is 11.6. The number of ketones is 1. The number of hydrogen-bond donors (Lipinski definition) is 0. The van der Waals surface area contributed by atoms with E-state index in [1.54, 1.807) is 12.2 Å². The van der Waals surface area contributed by atoms with Gasteiger partial charge in [0.2, 0.25) is 0 Å². The summed E-state index contributed by atoms with van der Waals surface area (Å²) in [5.74, 6) is 0.403. The van der Waals surface area contributed by atoms with Crippen LogP contribution in [0.1, 0.15) is 5.56 Å². The van der Waals surface area contributed by atoms with E-state index in [2.05, 4.69) is 54.7 Å². The lowest BCUT2D eigenvalue weighted by Crippen LogP contribution is -2.23. The summed E-state index contributed by atoms with van der Waals surface area (Å²) in [6, 6.07) is 10.2. The van der Waals surface area contributed by atoms with Crippen LogP contribution in [0.3, 0.4) is 0 Å². The Kier molecular flexibility index (Phi) is 4.22. The highest BCUT2D eigenvalue weighted by atomic mass is 127. The zero-order chi connectivity index (χ0) is 13.0. The van der Waals surface area contributed by atoms with Gasteiger partial charge in [-0.05, 0) is 23.5 Å². The minimum absolute atomic E-state index is 0.0709. The third kappa shape index (κ3) is 3.22. The zero-order valence-corrected chi connectivity index (χ0v) is 12.4. The molecule has 90 valence electrons. The number of carbonyl (C=O) groups is 1. The van der Waals surface area contributed by atoms with Gasteiger partial charge >= 0.3 is 0 Å². The summed E-state index contributed by atoms with van der Waals surface area (Å²) in [4.78, 5) is 11.2.